The smallest absolute Gasteiger partial charge is 0.418 e. The Hall–Kier alpha value is -0.703. The zero-order valence-corrected chi connectivity index (χ0v) is 37.8. The number of aromatic nitrogens is 1. The highest BCUT2D eigenvalue weighted by Crippen LogP contribution is 2.16. The van der Waals surface area contributed by atoms with Gasteiger partial charge in [0.15, 0.2) is 17.4 Å². The minimum absolute atomic E-state index is 0. The third-order valence-corrected chi connectivity index (χ3v) is 10.4. The van der Waals surface area contributed by atoms with Gasteiger partial charge < -0.3 is 21.7 Å². The number of rotatable bonds is 35. The summed E-state index contributed by atoms with van der Waals surface area (Å²) in [5.74, 6) is 0. The van der Waals surface area contributed by atoms with E-state index in [1.54, 1.807) is 12.4 Å². The summed E-state index contributed by atoms with van der Waals surface area (Å²) in [7, 11) is -4.35. The van der Waals surface area contributed by atoms with Gasteiger partial charge in [0, 0.05) is 12.4 Å². The van der Waals surface area contributed by atoms with E-state index in [9.17, 15) is 25.7 Å². The first-order chi connectivity index (χ1) is 26.7. The van der Waals surface area contributed by atoms with Gasteiger partial charge in [-0.15, -0.1) is 0 Å². The average Bonchev–Trinajstić information content (AvgIpc) is 3.14. The summed E-state index contributed by atoms with van der Waals surface area (Å²) in [6.45, 7) is 7.39. The number of halogens is 4. The molecule has 342 valence electrons. The molecule has 0 amide bonds. The molecule has 0 aliphatic carbocycles. The molecular formula is C44H92AlBF4N2O4S. The molecule has 13 heteroatoms. The molecule has 1 aromatic heterocycles. The maximum absolute atomic E-state index is 9.75. The third kappa shape index (κ3) is 73.3. The van der Waals surface area contributed by atoms with Crippen molar-refractivity contribution in [3.05, 3.63) is 30.6 Å². The standard InChI is InChI=1S/C38H80N.C5H5N.CH4O4S.Al.BF4.3H/c1-5-7-9-11-13-15-17-19-21-23-25-27-29-31-33-35-37-39(3,4)38-36-34-32-30-28-26-24-22-20-18-16-14-12-10-8-6-2;1-2-4-6-5-3-1;1-5-6(2,3)4;;2-1(3,4)5;;;/h5-38H2,1-4H3;1-5H;1H3,(H,2,3,4);;;;;/q+1;;;;-1;;;. The number of quaternary nitrogens is 1. The minimum Gasteiger partial charge on any atom is -0.418 e. The van der Waals surface area contributed by atoms with Crippen LogP contribution in [0.15, 0.2) is 30.6 Å². The Morgan fingerprint density at radius 1 is 0.491 bits per heavy atom. The van der Waals surface area contributed by atoms with Crippen LogP contribution in [0.4, 0.5) is 17.3 Å². The maximum atomic E-state index is 9.75. The van der Waals surface area contributed by atoms with Gasteiger partial charge in [0.05, 0.1) is 34.3 Å². The van der Waals surface area contributed by atoms with Gasteiger partial charge in [0.1, 0.15) is 0 Å². The molecule has 1 rings (SSSR count). The van der Waals surface area contributed by atoms with Gasteiger partial charge in [0.25, 0.3) is 0 Å². The number of nitrogens with zero attached hydrogens (tertiary/aromatic N) is 2. The molecule has 0 saturated heterocycles. The lowest BCUT2D eigenvalue weighted by atomic mass is 10.0. The largest absolute Gasteiger partial charge is 0.673 e. The predicted octanol–water partition coefficient (Wildman–Crippen LogP) is 14.2. The van der Waals surface area contributed by atoms with E-state index >= 15 is 0 Å². The molecule has 6 nitrogen and oxygen atoms in total. The van der Waals surface area contributed by atoms with Crippen molar-refractivity contribution in [1.82, 2.24) is 4.98 Å². The first-order valence-corrected chi connectivity index (χ1v) is 24.1. The van der Waals surface area contributed by atoms with Gasteiger partial charge in [-0.3, -0.25) is 13.7 Å². The molecule has 1 N–H and O–H groups in total. The zero-order chi connectivity index (χ0) is 42.5. The van der Waals surface area contributed by atoms with Gasteiger partial charge in [-0.25, -0.2) is 0 Å². The SMILES string of the molecule is CCCCCCCCCCCCCCCCCC[N+](C)(C)CCCCCCCCCCCCCCCCCC.COS(=O)(=O)O.F[B-](F)(F)F.[AlH3].c1ccncc1. The summed E-state index contributed by atoms with van der Waals surface area (Å²) in [6.07, 6.45) is 50.4. The Morgan fingerprint density at radius 2 is 0.684 bits per heavy atom. The number of hydrogen-bond donors (Lipinski definition) is 1. The van der Waals surface area contributed by atoms with Crippen molar-refractivity contribution < 1.29 is 38.9 Å². The maximum Gasteiger partial charge on any atom is 0.673 e. The molecule has 0 fully saturated rings. The highest BCUT2D eigenvalue weighted by molar-refractivity contribution is 7.80. The van der Waals surface area contributed by atoms with Crippen LogP contribution in [0.3, 0.4) is 0 Å². The van der Waals surface area contributed by atoms with Gasteiger partial charge in [0.2, 0.25) is 0 Å². The van der Waals surface area contributed by atoms with E-state index in [0.29, 0.717) is 0 Å². The lowest BCUT2D eigenvalue weighted by Crippen LogP contribution is -2.41. The van der Waals surface area contributed by atoms with Crippen molar-refractivity contribution >= 4 is 35.0 Å². The number of pyridine rings is 1. The topological polar surface area (TPSA) is 76.5 Å². The van der Waals surface area contributed by atoms with Crippen LogP contribution in [0.25, 0.3) is 0 Å². The van der Waals surface area contributed by atoms with Crippen LogP contribution in [0.5, 0.6) is 0 Å². The summed E-state index contributed by atoms with van der Waals surface area (Å²) >= 11 is 0. The van der Waals surface area contributed by atoms with Crippen LogP contribution >= 0.6 is 0 Å². The van der Waals surface area contributed by atoms with Gasteiger partial charge in [-0.2, -0.15) is 8.42 Å². The molecule has 0 saturated carbocycles. The summed E-state index contributed by atoms with van der Waals surface area (Å²) < 4.78 is 70.0. The second-order valence-electron chi connectivity index (χ2n) is 16.1. The quantitative estimate of drug-likeness (QED) is 0.0242. The van der Waals surface area contributed by atoms with E-state index in [1.165, 1.54) is 223 Å². The summed E-state index contributed by atoms with van der Waals surface area (Å²) in [6, 6.07) is 5.72. The van der Waals surface area contributed by atoms with E-state index in [0.717, 1.165) is 7.11 Å². The molecule has 0 unspecified atom stereocenters. The fourth-order valence-electron chi connectivity index (χ4n) is 6.60. The molecular weight excluding hydrogens is 766 g/mol. The van der Waals surface area contributed by atoms with Crippen LogP contribution < -0.4 is 0 Å². The Kier molecular flexibility index (Phi) is 53.0. The molecule has 0 radical (unpaired) electrons. The third-order valence-electron chi connectivity index (χ3n) is 10.0. The molecule has 57 heavy (non-hydrogen) atoms. The van der Waals surface area contributed by atoms with Gasteiger partial charge >= 0.3 is 17.7 Å². The van der Waals surface area contributed by atoms with Crippen molar-refractivity contribution in [1.29, 1.82) is 0 Å². The zero-order valence-electron chi connectivity index (χ0n) is 37.0. The predicted molar refractivity (Wildman–Crippen MR) is 244 cm³/mol. The first kappa shape index (κ1) is 62.9. The Labute approximate surface area is 361 Å². The summed E-state index contributed by atoms with van der Waals surface area (Å²) in [4.78, 5) is 3.78. The molecule has 0 spiro atoms. The molecule has 1 heterocycles. The van der Waals surface area contributed by atoms with E-state index in [4.69, 9.17) is 4.55 Å². The summed E-state index contributed by atoms with van der Waals surface area (Å²) in [5, 5.41) is 0. The Balaban J connectivity index is -0.000000637. The van der Waals surface area contributed by atoms with Crippen molar-refractivity contribution in [2.75, 3.05) is 34.3 Å². The number of unbranched alkanes of at least 4 members (excludes halogenated alkanes) is 30. The average molecular weight is 859 g/mol. The fourth-order valence-corrected chi connectivity index (χ4v) is 6.60. The molecule has 0 aliphatic heterocycles. The molecule has 0 atom stereocenters. The van der Waals surface area contributed by atoms with Crippen LogP contribution in [0.1, 0.15) is 219 Å². The van der Waals surface area contributed by atoms with Gasteiger partial charge in [-0.1, -0.05) is 200 Å². The highest BCUT2D eigenvalue weighted by Gasteiger charge is 2.20. The Morgan fingerprint density at radius 3 is 0.825 bits per heavy atom. The molecule has 0 aliphatic rings. The van der Waals surface area contributed by atoms with Crippen molar-refractivity contribution in [2.45, 2.75) is 219 Å². The fraction of sp³-hybridized carbons (Fsp3) is 0.886. The normalized spacial score (nSPS) is 11.3. The van der Waals surface area contributed by atoms with E-state index in [1.807, 2.05) is 18.2 Å². The lowest BCUT2D eigenvalue weighted by molar-refractivity contribution is -0.890. The van der Waals surface area contributed by atoms with Crippen LogP contribution in [0, 0.1) is 0 Å². The first-order valence-electron chi connectivity index (χ1n) is 22.8. The van der Waals surface area contributed by atoms with E-state index in [-0.39, 0.29) is 17.4 Å². The lowest BCUT2D eigenvalue weighted by Gasteiger charge is -2.30. The van der Waals surface area contributed by atoms with Crippen molar-refractivity contribution in [3.8, 4) is 0 Å². The molecule has 0 bridgehead atoms. The highest BCUT2D eigenvalue weighted by atomic mass is 32.3. The minimum atomic E-state index is -6.00. The number of hydrogen-bond acceptors (Lipinski definition) is 4. The molecule has 0 aromatic carbocycles. The summed E-state index contributed by atoms with van der Waals surface area (Å²) in [5.41, 5.74) is 0. The Bertz CT molecular complexity index is 914. The molecule has 1 aromatic rings. The second kappa shape index (κ2) is 48.0. The second-order valence-corrected chi connectivity index (χ2v) is 17.3. The van der Waals surface area contributed by atoms with E-state index < -0.39 is 17.7 Å². The van der Waals surface area contributed by atoms with Crippen molar-refractivity contribution in [2.24, 2.45) is 0 Å². The monoisotopic (exact) mass is 859 g/mol. The van der Waals surface area contributed by atoms with Gasteiger partial charge in [-0.05, 0) is 37.8 Å². The van der Waals surface area contributed by atoms with E-state index in [2.05, 4.69) is 37.1 Å². The van der Waals surface area contributed by atoms with Crippen LogP contribution in [-0.4, -0.2) is 81.3 Å². The van der Waals surface area contributed by atoms with Crippen molar-refractivity contribution in [3.63, 3.8) is 0 Å². The van der Waals surface area contributed by atoms with Crippen LogP contribution in [0.2, 0.25) is 0 Å². The van der Waals surface area contributed by atoms with Crippen LogP contribution in [-0.2, 0) is 14.6 Å².